The summed E-state index contributed by atoms with van der Waals surface area (Å²) in [5.74, 6) is 0.860. The highest BCUT2D eigenvalue weighted by Gasteiger charge is 2.11. The van der Waals surface area contributed by atoms with Gasteiger partial charge < -0.3 is 14.8 Å². The summed E-state index contributed by atoms with van der Waals surface area (Å²) >= 11 is 6.21. The first-order valence-corrected chi connectivity index (χ1v) is 8.46. The highest BCUT2D eigenvalue weighted by atomic mass is 35.5. The van der Waals surface area contributed by atoms with Gasteiger partial charge in [-0.15, -0.1) is 0 Å². The maximum absolute atomic E-state index is 12.1. The lowest BCUT2D eigenvalue weighted by Gasteiger charge is -2.13. The molecule has 0 aromatic heterocycles. The van der Waals surface area contributed by atoms with Crippen LogP contribution in [0.4, 0.5) is 0 Å². The molecule has 2 aromatic rings. The number of nitrogens with one attached hydrogen (secondary N) is 1. The van der Waals surface area contributed by atoms with E-state index in [2.05, 4.69) is 5.32 Å². The zero-order chi connectivity index (χ0) is 18.2. The van der Waals surface area contributed by atoms with Crippen LogP contribution in [0.1, 0.15) is 31.0 Å². The Morgan fingerprint density at radius 3 is 2.64 bits per heavy atom. The lowest BCUT2D eigenvalue weighted by molar-refractivity contribution is -0.117. The number of ether oxygens (including phenoxy) is 2. The van der Waals surface area contributed by atoms with Crippen LogP contribution in [-0.2, 0) is 4.79 Å². The molecule has 1 N–H and O–H groups in total. The minimum absolute atomic E-state index is 0.0724. The molecular formula is C20H22ClNO3. The molecule has 0 aliphatic rings. The van der Waals surface area contributed by atoms with Crippen LogP contribution in [0.25, 0.3) is 6.08 Å². The van der Waals surface area contributed by atoms with Gasteiger partial charge in [0, 0.05) is 6.08 Å². The first kappa shape index (κ1) is 18.9. The molecule has 2 aromatic carbocycles. The normalized spacial score (nSPS) is 12.0. The van der Waals surface area contributed by atoms with Crippen molar-refractivity contribution < 1.29 is 14.3 Å². The van der Waals surface area contributed by atoms with E-state index in [0.29, 0.717) is 23.1 Å². The third-order valence-electron chi connectivity index (χ3n) is 3.62. The van der Waals surface area contributed by atoms with Crippen molar-refractivity contribution in [2.75, 3.05) is 13.7 Å². The second-order valence-corrected chi connectivity index (χ2v) is 5.85. The van der Waals surface area contributed by atoms with Gasteiger partial charge in [-0.05, 0) is 43.2 Å². The van der Waals surface area contributed by atoms with Crippen LogP contribution >= 0.6 is 11.6 Å². The van der Waals surface area contributed by atoms with Crippen LogP contribution in [0.2, 0.25) is 5.02 Å². The van der Waals surface area contributed by atoms with Crippen molar-refractivity contribution >= 4 is 23.6 Å². The van der Waals surface area contributed by atoms with Crippen LogP contribution in [0.3, 0.4) is 0 Å². The maximum atomic E-state index is 12.1. The van der Waals surface area contributed by atoms with E-state index in [1.165, 1.54) is 13.2 Å². The molecule has 0 saturated carbocycles. The summed E-state index contributed by atoms with van der Waals surface area (Å²) in [6.07, 6.45) is 3.17. The number of methoxy groups -OCH3 is 1. The fourth-order valence-corrected chi connectivity index (χ4v) is 2.70. The van der Waals surface area contributed by atoms with Gasteiger partial charge >= 0.3 is 0 Å². The summed E-state index contributed by atoms with van der Waals surface area (Å²) < 4.78 is 10.8. The summed E-state index contributed by atoms with van der Waals surface area (Å²) in [4.78, 5) is 12.1. The van der Waals surface area contributed by atoms with E-state index >= 15 is 0 Å². The average molecular weight is 360 g/mol. The highest BCUT2D eigenvalue weighted by molar-refractivity contribution is 6.32. The van der Waals surface area contributed by atoms with Crippen molar-refractivity contribution in [3.05, 3.63) is 64.7 Å². The highest BCUT2D eigenvalue weighted by Crippen LogP contribution is 2.36. The van der Waals surface area contributed by atoms with Crippen molar-refractivity contribution in [2.24, 2.45) is 0 Å². The molecule has 0 bridgehead atoms. The van der Waals surface area contributed by atoms with Crippen molar-refractivity contribution in [3.8, 4) is 11.5 Å². The largest absolute Gasteiger partial charge is 0.491 e. The predicted molar refractivity (Wildman–Crippen MR) is 101 cm³/mol. The minimum Gasteiger partial charge on any atom is -0.491 e. The van der Waals surface area contributed by atoms with Crippen molar-refractivity contribution in [3.63, 3.8) is 0 Å². The molecule has 5 heteroatoms. The first-order chi connectivity index (χ1) is 12.0. The van der Waals surface area contributed by atoms with Gasteiger partial charge in [0.2, 0.25) is 5.91 Å². The number of carbonyl (C=O) groups excluding carboxylic acids is 1. The fourth-order valence-electron chi connectivity index (χ4n) is 2.40. The number of rotatable bonds is 7. The molecule has 0 saturated heterocycles. The van der Waals surface area contributed by atoms with Crippen LogP contribution < -0.4 is 14.8 Å². The van der Waals surface area contributed by atoms with Gasteiger partial charge in [-0.3, -0.25) is 4.79 Å². The number of hydrogen-bond acceptors (Lipinski definition) is 3. The van der Waals surface area contributed by atoms with E-state index < -0.39 is 0 Å². The zero-order valence-corrected chi connectivity index (χ0v) is 15.3. The monoisotopic (exact) mass is 359 g/mol. The van der Waals surface area contributed by atoms with Crippen LogP contribution in [-0.4, -0.2) is 19.6 Å². The van der Waals surface area contributed by atoms with E-state index in [-0.39, 0.29) is 11.9 Å². The molecule has 0 radical (unpaired) electrons. The zero-order valence-electron chi connectivity index (χ0n) is 14.6. The van der Waals surface area contributed by atoms with E-state index in [4.69, 9.17) is 21.1 Å². The second-order valence-electron chi connectivity index (χ2n) is 5.44. The Balaban J connectivity index is 2.09. The van der Waals surface area contributed by atoms with E-state index in [0.717, 1.165) is 11.1 Å². The number of carbonyl (C=O) groups is 1. The van der Waals surface area contributed by atoms with Crippen LogP contribution in [0.5, 0.6) is 11.5 Å². The lowest BCUT2D eigenvalue weighted by Crippen LogP contribution is -2.24. The number of hydrogen-bond donors (Lipinski definition) is 1. The lowest BCUT2D eigenvalue weighted by atomic mass is 10.1. The molecule has 0 aliphatic carbocycles. The van der Waals surface area contributed by atoms with Gasteiger partial charge in [0.1, 0.15) is 0 Å². The van der Waals surface area contributed by atoms with Gasteiger partial charge in [-0.1, -0.05) is 41.9 Å². The van der Waals surface area contributed by atoms with Gasteiger partial charge in [0.25, 0.3) is 0 Å². The third kappa shape index (κ3) is 5.26. The molecule has 2 rings (SSSR count). The molecule has 4 nitrogen and oxygen atoms in total. The maximum Gasteiger partial charge on any atom is 0.244 e. The quantitative estimate of drug-likeness (QED) is 0.733. The Labute approximate surface area is 153 Å². The summed E-state index contributed by atoms with van der Waals surface area (Å²) in [5, 5.41) is 3.36. The fraction of sp³-hybridized carbons (Fsp3) is 0.250. The summed E-state index contributed by atoms with van der Waals surface area (Å²) in [5.41, 5.74) is 1.81. The molecule has 25 heavy (non-hydrogen) atoms. The number of benzene rings is 2. The SMILES string of the molecule is CCOc1cc(/C=C/C(=O)NC(C)c2ccccc2)cc(Cl)c1OC. The smallest absolute Gasteiger partial charge is 0.244 e. The third-order valence-corrected chi connectivity index (χ3v) is 3.90. The molecule has 132 valence electrons. The Morgan fingerprint density at radius 1 is 1.28 bits per heavy atom. The van der Waals surface area contributed by atoms with Gasteiger partial charge in [-0.2, -0.15) is 0 Å². The van der Waals surface area contributed by atoms with E-state index in [1.54, 1.807) is 18.2 Å². The average Bonchev–Trinajstić information content (AvgIpc) is 2.61. The number of amides is 1. The predicted octanol–water partition coefficient (Wildman–Crippen LogP) is 4.64. The van der Waals surface area contributed by atoms with Crippen LogP contribution in [0, 0.1) is 0 Å². The van der Waals surface area contributed by atoms with E-state index in [9.17, 15) is 4.79 Å². The summed E-state index contributed by atoms with van der Waals surface area (Å²) in [6, 6.07) is 13.2. The van der Waals surface area contributed by atoms with E-state index in [1.807, 2.05) is 44.2 Å². The molecule has 1 amide bonds. The molecule has 0 spiro atoms. The molecule has 0 heterocycles. The topological polar surface area (TPSA) is 47.6 Å². The Kier molecular flexibility index (Phi) is 6.90. The first-order valence-electron chi connectivity index (χ1n) is 8.09. The standard InChI is InChI=1S/C20H22ClNO3/c1-4-25-18-13-15(12-17(21)20(18)24-3)10-11-19(23)22-14(2)16-8-6-5-7-9-16/h5-14H,4H2,1-3H3,(H,22,23)/b11-10+. The van der Waals surface area contributed by atoms with Crippen LogP contribution in [0.15, 0.2) is 48.5 Å². The molecule has 0 fully saturated rings. The minimum atomic E-state index is -0.179. The van der Waals surface area contributed by atoms with Crippen molar-refractivity contribution in [1.82, 2.24) is 5.32 Å². The van der Waals surface area contributed by atoms with Crippen molar-refractivity contribution in [1.29, 1.82) is 0 Å². The van der Waals surface area contributed by atoms with Gasteiger partial charge in [0.05, 0.1) is 24.8 Å². The summed E-state index contributed by atoms with van der Waals surface area (Å²) in [6.45, 7) is 4.32. The molecule has 1 atom stereocenters. The molecule has 0 aliphatic heterocycles. The number of halogens is 1. The van der Waals surface area contributed by atoms with Crippen molar-refractivity contribution in [2.45, 2.75) is 19.9 Å². The second kappa shape index (κ2) is 9.14. The Bertz CT molecular complexity index is 744. The van der Waals surface area contributed by atoms with Gasteiger partial charge in [0.15, 0.2) is 11.5 Å². The summed E-state index contributed by atoms with van der Waals surface area (Å²) in [7, 11) is 1.54. The Morgan fingerprint density at radius 2 is 2.00 bits per heavy atom. The molecule has 1 unspecified atom stereocenters. The van der Waals surface area contributed by atoms with Gasteiger partial charge in [-0.25, -0.2) is 0 Å². The molecular weight excluding hydrogens is 338 g/mol. The Hall–Kier alpha value is -2.46.